The number of benzene rings is 1. The van der Waals surface area contributed by atoms with Crippen LogP contribution in [0.4, 0.5) is 0 Å². The Morgan fingerprint density at radius 3 is 2.76 bits per heavy atom. The molecule has 0 bridgehead atoms. The summed E-state index contributed by atoms with van der Waals surface area (Å²) in [4.78, 5) is 12.3. The first-order valence-electron chi connectivity index (χ1n) is 7.18. The topological polar surface area (TPSA) is 83.8 Å². The fraction of sp³-hybridized carbons (Fsp3) is 0.467. The summed E-state index contributed by atoms with van der Waals surface area (Å²) in [7, 11) is 0. The normalized spacial score (nSPS) is 17.2. The molecule has 1 saturated carbocycles. The zero-order valence-electron chi connectivity index (χ0n) is 11.9. The second-order valence-corrected chi connectivity index (χ2v) is 5.72. The van der Waals surface area contributed by atoms with Gasteiger partial charge in [-0.2, -0.15) is 5.10 Å². The van der Waals surface area contributed by atoms with E-state index in [1.807, 2.05) is 24.3 Å². The summed E-state index contributed by atoms with van der Waals surface area (Å²) in [6.45, 7) is 0.521. The Morgan fingerprint density at radius 2 is 2.00 bits per heavy atom. The van der Waals surface area contributed by atoms with Gasteiger partial charge in [0.05, 0.1) is 5.52 Å². The van der Waals surface area contributed by atoms with E-state index in [1.54, 1.807) is 0 Å². The third kappa shape index (κ3) is 3.36. The van der Waals surface area contributed by atoms with Crippen LogP contribution in [0.15, 0.2) is 24.3 Å². The fourth-order valence-corrected chi connectivity index (χ4v) is 2.91. The van der Waals surface area contributed by atoms with Gasteiger partial charge in [-0.1, -0.05) is 37.5 Å². The summed E-state index contributed by atoms with van der Waals surface area (Å²) in [6.07, 6.45) is 5.51. The molecule has 0 spiro atoms. The lowest BCUT2D eigenvalue weighted by molar-refractivity contribution is 0.0934. The van der Waals surface area contributed by atoms with E-state index >= 15 is 0 Å². The Hall–Kier alpha value is -1.59. The van der Waals surface area contributed by atoms with E-state index in [-0.39, 0.29) is 23.9 Å². The van der Waals surface area contributed by atoms with Crippen LogP contribution in [-0.4, -0.2) is 28.2 Å². The highest BCUT2D eigenvalue weighted by atomic mass is 35.5. The highest BCUT2D eigenvalue weighted by Crippen LogP contribution is 2.25. The van der Waals surface area contributed by atoms with Crippen LogP contribution in [0, 0.1) is 0 Å². The number of carbonyl (C=O) groups is 1. The molecule has 0 atom stereocenters. The largest absolute Gasteiger partial charge is 0.349 e. The number of nitrogens with one attached hydrogen (secondary N) is 2. The zero-order chi connectivity index (χ0) is 14.0. The second-order valence-electron chi connectivity index (χ2n) is 5.72. The number of aromatic nitrogens is 2. The number of amides is 1. The van der Waals surface area contributed by atoms with Gasteiger partial charge in [0.15, 0.2) is 5.69 Å². The van der Waals surface area contributed by atoms with E-state index < -0.39 is 0 Å². The number of rotatable bonds is 3. The van der Waals surface area contributed by atoms with E-state index in [0.29, 0.717) is 12.2 Å². The van der Waals surface area contributed by atoms with Crippen LogP contribution in [0.2, 0.25) is 0 Å². The van der Waals surface area contributed by atoms with E-state index in [1.165, 1.54) is 6.42 Å². The Kier molecular flexibility index (Phi) is 4.85. The minimum atomic E-state index is -0.250. The molecular weight excluding hydrogens is 288 g/mol. The average Bonchev–Trinajstić information content (AvgIpc) is 2.90. The highest BCUT2D eigenvalue weighted by Gasteiger charge is 2.28. The summed E-state index contributed by atoms with van der Waals surface area (Å²) in [5, 5.41) is 10.8. The molecule has 5 nitrogen and oxygen atoms in total. The standard InChI is InChI=1S/C15H20N4O.ClH/c16-15(8-4-1-5-9-15)10-17-14(20)13-11-6-2-3-7-12(11)18-19-13;/h2-3,6-7H,1,4-5,8-10,16H2,(H,17,20)(H,18,19);1H. The van der Waals surface area contributed by atoms with Gasteiger partial charge in [-0.05, 0) is 18.9 Å². The van der Waals surface area contributed by atoms with Crippen molar-refractivity contribution in [3.05, 3.63) is 30.0 Å². The van der Waals surface area contributed by atoms with Gasteiger partial charge in [0.25, 0.3) is 5.91 Å². The summed E-state index contributed by atoms with van der Waals surface area (Å²) >= 11 is 0. The third-order valence-corrected chi connectivity index (χ3v) is 4.14. The lowest BCUT2D eigenvalue weighted by atomic mass is 9.82. The summed E-state index contributed by atoms with van der Waals surface area (Å²) < 4.78 is 0. The first-order valence-corrected chi connectivity index (χ1v) is 7.18. The van der Waals surface area contributed by atoms with Crippen LogP contribution in [0.3, 0.4) is 0 Å². The second kappa shape index (κ2) is 6.45. The number of fused-ring (bicyclic) bond motifs is 1. The molecule has 114 valence electrons. The van der Waals surface area contributed by atoms with Crippen LogP contribution >= 0.6 is 12.4 Å². The summed E-state index contributed by atoms with van der Waals surface area (Å²) in [6, 6.07) is 7.62. The number of para-hydroxylation sites is 1. The Bertz CT molecular complexity index is 619. The van der Waals surface area contributed by atoms with Crippen molar-refractivity contribution < 1.29 is 4.79 Å². The van der Waals surface area contributed by atoms with Gasteiger partial charge in [-0.25, -0.2) is 0 Å². The first-order chi connectivity index (χ1) is 9.68. The Balaban J connectivity index is 0.00000161. The Morgan fingerprint density at radius 1 is 1.29 bits per heavy atom. The number of nitrogens with two attached hydrogens (primary N) is 1. The van der Waals surface area contributed by atoms with Gasteiger partial charge < -0.3 is 11.1 Å². The summed E-state index contributed by atoms with van der Waals surface area (Å²) in [5.74, 6) is -0.155. The van der Waals surface area contributed by atoms with Gasteiger partial charge in [-0.3, -0.25) is 9.89 Å². The maximum Gasteiger partial charge on any atom is 0.272 e. The van der Waals surface area contributed by atoms with Crippen LogP contribution in [-0.2, 0) is 0 Å². The lowest BCUT2D eigenvalue weighted by Gasteiger charge is -2.33. The van der Waals surface area contributed by atoms with Crippen molar-refractivity contribution in [3.8, 4) is 0 Å². The number of aromatic amines is 1. The predicted molar refractivity (Wildman–Crippen MR) is 85.7 cm³/mol. The monoisotopic (exact) mass is 308 g/mol. The molecule has 1 amide bonds. The molecule has 6 heteroatoms. The van der Waals surface area contributed by atoms with Crippen molar-refractivity contribution in [1.29, 1.82) is 0 Å². The van der Waals surface area contributed by atoms with Gasteiger partial charge in [0.1, 0.15) is 0 Å². The lowest BCUT2D eigenvalue weighted by Crippen LogP contribution is -2.51. The van der Waals surface area contributed by atoms with Crippen molar-refractivity contribution >= 4 is 29.2 Å². The van der Waals surface area contributed by atoms with Crippen molar-refractivity contribution in [2.45, 2.75) is 37.6 Å². The number of carbonyl (C=O) groups excluding carboxylic acids is 1. The van der Waals surface area contributed by atoms with Crippen molar-refractivity contribution in [1.82, 2.24) is 15.5 Å². The molecule has 2 aromatic rings. The number of nitrogens with zero attached hydrogens (tertiary/aromatic N) is 1. The van der Waals surface area contributed by atoms with Gasteiger partial charge in [-0.15, -0.1) is 12.4 Å². The molecule has 1 fully saturated rings. The van der Waals surface area contributed by atoms with E-state index in [9.17, 15) is 4.79 Å². The molecule has 1 aromatic carbocycles. The third-order valence-electron chi connectivity index (χ3n) is 4.14. The molecule has 3 rings (SSSR count). The maximum absolute atomic E-state index is 12.3. The number of H-pyrrole nitrogens is 1. The van der Waals surface area contributed by atoms with Crippen LogP contribution < -0.4 is 11.1 Å². The van der Waals surface area contributed by atoms with Gasteiger partial charge in [0, 0.05) is 17.5 Å². The molecule has 0 unspecified atom stereocenters. The van der Waals surface area contributed by atoms with Crippen LogP contribution in [0.5, 0.6) is 0 Å². The SMILES string of the molecule is Cl.NC1(CNC(=O)c2n[nH]c3ccccc23)CCCCC1. The van der Waals surface area contributed by atoms with Crippen molar-refractivity contribution in [3.63, 3.8) is 0 Å². The minimum Gasteiger partial charge on any atom is -0.349 e. The smallest absolute Gasteiger partial charge is 0.272 e. The number of hydrogen-bond acceptors (Lipinski definition) is 3. The fourth-order valence-electron chi connectivity index (χ4n) is 2.91. The Labute approximate surface area is 130 Å². The molecule has 1 aliphatic rings. The molecule has 4 N–H and O–H groups in total. The molecule has 1 heterocycles. The molecule has 1 aliphatic carbocycles. The van der Waals surface area contributed by atoms with Gasteiger partial charge >= 0.3 is 0 Å². The van der Waals surface area contributed by atoms with E-state index in [2.05, 4.69) is 15.5 Å². The van der Waals surface area contributed by atoms with Gasteiger partial charge in [0.2, 0.25) is 0 Å². The highest BCUT2D eigenvalue weighted by molar-refractivity contribution is 6.04. The first kappa shape index (κ1) is 15.8. The molecule has 0 saturated heterocycles. The average molecular weight is 309 g/mol. The van der Waals surface area contributed by atoms with E-state index in [4.69, 9.17) is 5.73 Å². The van der Waals surface area contributed by atoms with Crippen LogP contribution in [0.25, 0.3) is 10.9 Å². The number of hydrogen-bond donors (Lipinski definition) is 3. The number of halogens is 1. The van der Waals surface area contributed by atoms with Crippen molar-refractivity contribution in [2.24, 2.45) is 5.73 Å². The molecule has 0 aliphatic heterocycles. The molecule has 1 aromatic heterocycles. The quantitative estimate of drug-likeness (QED) is 0.814. The van der Waals surface area contributed by atoms with E-state index in [0.717, 1.165) is 36.6 Å². The molecular formula is C15H21ClN4O. The zero-order valence-corrected chi connectivity index (χ0v) is 12.7. The molecule has 21 heavy (non-hydrogen) atoms. The summed E-state index contributed by atoms with van der Waals surface area (Å²) in [5.41, 5.74) is 7.40. The maximum atomic E-state index is 12.3. The predicted octanol–water partition coefficient (Wildman–Crippen LogP) is 2.38. The minimum absolute atomic E-state index is 0. The molecule has 0 radical (unpaired) electrons. The van der Waals surface area contributed by atoms with Crippen molar-refractivity contribution in [2.75, 3.05) is 6.54 Å². The van der Waals surface area contributed by atoms with Crippen LogP contribution in [0.1, 0.15) is 42.6 Å².